The second-order valence-corrected chi connectivity index (χ2v) is 3.24. The largest absolute Gasteiger partial charge is 0.486 e. The predicted octanol–water partition coefficient (Wildman–Crippen LogP) is 2.18. The predicted molar refractivity (Wildman–Crippen MR) is 52.5 cm³/mol. The van der Waals surface area contributed by atoms with Gasteiger partial charge >= 0.3 is 5.97 Å². The second-order valence-electron chi connectivity index (χ2n) is 3.24. The first-order valence-corrected chi connectivity index (χ1v) is 4.39. The summed E-state index contributed by atoms with van der Waals surface area (Å²) in [6, 6.07) is 4.85. The van der Waals surface area contributed by atoms with Crippen molar-refractivity contribution >= 4 is 12.0 Å². The third-order valence-corrected chi connectivity index (χ3v) is 2.12. The third kappa shape index (κ3) is 1.48. The maximum absolute atomic E-state index is 10.7. The summed E-state index contributed by atoms with van der Waals surface area (Å²) in [5, 5.41) is 8.77. The van der Waals surface area contributed by atoms with Gasteiger partial charge in [0.15, 0.2) is 0 Å². The Morgan fingerprint density at radius 2 is 2.29 bits per heavy atom. The average molecular weight is 190 g/mol. The monoisotopic (exact) mass is 190 g/mol. The van der Waals surface area contributed by atoms with Gasteiger partial charge in [0, 0.05) is 5.56 Å². The molecule has 1 heterocycles. The van der Waals surface area contributed by atoms with E-state index < -0.39 is 5.97 Å². The molecule has 1 aliphatic heterocycles. The van der Waals surface area contributed by atoms with Crippen LogP contribution in [0.4, 0.5) is 0 Å². The molecule has 0 aliphatic carbocycles. The molecule has 2 rings (SSSR count). The number of hydrogen-bond acceptors (Lipinski definition) is 2. The number of ether oxygens (including phenoxy) is 1. The molecule has 1 atom stereocenters. The van der Waals surface area contributed by atoms with Crippen molar-refractivity contribution in [3.8, 4) is 5.75 Å². The molecular formula is C11H10O3. The molecule has 1 aliphatic rings. The quantitative estimate of drug-likeness (QED) is 0.738. The summed E-state index contributed by atoms with van der Waals surface area (Å²) >= 11 is 0. The number of carboxylic acid groups (broad SMARTS) is 1. The number of aromatic carboxylic acids is 1. The molecular weight excluding hydrogens is 180 g/mol. The number of rotatable bonds is 1. The zero-order valence-corrected chi connectivity index (χ0v) is 7.73. The molecule has 0 bridgehead atoms. The molecule has 0 amide bonds. The van der Waals surface area contributed by atoms with E-state index in [1.807, 2.05) is 19.1 Å². The van der Waals surface area contributed by atoms with Gasteiger partial charge in [0.25, 0.3) is 0 Å². The normalized spacial score (nSPS) is 18.5. The first-order chi connectivity index (χ1) is 6.66. The van der Waals surface area contributed by atoms with Crippen LogP contribution in [0.25, 0.3) is 6.08 Å². The first kappa shape index (κ1) is 8.81. The molecule has 0 fully saturated rings. The van der Waals surface area contributed by atoms with Crippen molar-refractivity contribution in [2.45, 2.75) is 13.0 Å². The molecule has 0 spiro atoms. The Bertz CT molecular complexity index is 407. The topological polar surface area (TPSA) is 46.5 Å². The molecule has 14 heavy (non-hydrogen) atoms. The fourth-order valence-electron chi connectivity index (χ4n) is 1.40. The molecule has 1 aromatic carbocycles. The van der Waals surface area contributed by atoms with E-state index in [1.165, 1.54) is 0 Å². The molecule has 3 nitrogen and oxygen atoms in total. The molecule has 3 heteroatoms. The van der Waals surface area contributed by atoms with Crippen molar-refractivity contribution in [1.82, 2.24) is 0 Å². The Labute approximate surface area is 81.6 Å². The van der Waals surface area contributed by atoms with Crippen molar-refractivity contribution in [1.29, 1.82) is 0 Å². The number of benzene rings is 1. The summed E-state index contributed by atoms with van der Waals surface area (Å²) in [6.45, 7) is 1.94. The summed E-state index contributed by atoms with van der Waals surface area (Å²) < 4.78 is 5.49. The Morgan fingerprint density at radius 3 is 3.00 bits per heavy atom. The van der Waals surface area contributed by atoms with Gasteiger partial charge in [0.2, 0.25) is 0 Å². The van der Waals surface area contributed by atoms with Gasteiger partial charge in [-0.05, 0) is 31.2 Å². The van der Waals surface area contributed by atoms with Crippen LogP contribution in [-0.4, -0.2) is 17.2 Å². The van der Waals surface area contributed by atoms with Crippen LogP contribution in [0.5, 0.6) is 5.75 Å². The van der Waals surface area contributed by atoms with E-state index in [0.717, 1.165) is 11.3 Å². The summed E-state index contributed by atoms with van der Waals surface area (Å²) in [5.74, 6) is -0.176. The van der Waals surface area contributed by atoms with Crippen LogP contribution < -0.4 is 4.74 Å². The third-order valence-electron chi connectivity index (χ3n) is 2.12. The molecule has 1 unspecified atom stereocenters. The summed E-state index contributed by atoms with van der Waals surface area (Å²) in [6.07, 6.45) is 3.84. The van der Waals surface area contributed by atoms with Gasteiger partial charge < -0.3 is 9.84 Å². The van der Waals surface area contributed by atoms with Crippen LogP contribution in [0.1, 0.15) is 22.8 Å². The minimum Gasteiger partial charge on any atom is -0.486 e. The summed E-state index contributed by atoms with van der Waals surface area (Å²) in [7, 11) is 0. The smallest absolute Gasteiger partial charge is 0.335 e. The van der Waals surface area contributed by atoms with E-state index in [-0.39, 0.29) is 11.7 Å². The van der Waals surface area contributed by atoms with Gasteiger partial charge in [-0.25, -0.2) is 4.79 Å². The molecule has 0 radical (unpaired) electrons. The second kappa shape index (κ2) is 3.18. The minimum atomic E-state index is -0.917. The van der Waals surface area contributed by atoms with E-state index in [2.05, 4.69) is 0 Å². The molecule has 0 saturated heterocycles. The standard InChI is InChI=1S/C11H10O3/c1-7-2-3-8-6-9(11(12)13)4-5-10(8)14-7/h2-7H,1H3,(H,12,13). The van der Waals surface area contributed by atoms with Crippen LogP contribution in [-0.2, 0) is 0 Å². The van der Waals surface area contributed by atoms with Crippen LogP contribution >= 0.6 is 0 Å². The molecule has 72 valence electrons. The number of fused-ring (bicyclic) bond motifs is 1. The van der Waals surface area contributed by atoms with Crippen molar-refractivity contribution in [2.24, 2.45) is 0 Å². The van der Waals surface area contributed by atoms with E-state index >= 15 is 0 Å². The fraction of sp³-hybridized carbons (Fsp3) is 0.182. The lowest BCUT2D eigenvalue weighted by Gasteiger charge is -2.18. The average Bonchev–Trinajstić information content (AvgIpc) is 2.16. The van der Waals surface area contributed by atoms with Crippen LogP contribution in [0.15, 0.2) is 24.3 Å². The zero-order valence-electron chi connectivity index (χ0n) is 7.73. The van der Waals surface area contributed by atoms with Gasteiger partial charge in [0.1, 0.15) is 11.9 Å². The summed E-state index contributed by atoms with van der Waals surface area (Å²) in [4.78, 5) is 10.7. The highest BCUT2D eigenvalue weighted by Gasteiger charge is 2.12. The highest BCUT2D eigenvalue weighted by Crippen LogP contribution is 2.26. The van der Waals surface area contributed by atoms with Crippen molar-refractivity contribution < 1.29 is 14.6 Å². The van der Waals surface area contributed by atoms with E-state index in [9.17, 15) is 4.79 Å². The Kier molecular flexibility index (Phi) is 2.00. The van der Waals surface area contributed by atoms with Gasteiger partial charge in [-0.2, -0.15) is 0 Å². The SMILES string of the molecule is CC1C=Cc2cc(C(=O)O)ccc2O1. The van der Waals surface area contributed by atoms with Crippen molar-refractivity contribution in [3.63, 3.8) is 0 Å². The van der Waals surface area contributed by atoms with E-state index in [4.69, 9.17) is 9.84 Å². The van der Waals surface area contributed by atoms with Gasteiger partial charge in [-0.1, -0.05) is 6.08 Å². The maximum atomic E-state index is 10.7. The Morgan fingerprint density at radius 1 is 1.50 bits per heavy atom. The summed E-state index contributed by atoms with van der Waals surface area (Å²) in [5.41, 5.74) is 1.11. The van der Waals surface area contributed by atoms with E-state index in [1.54, 1.807) is 18.2 Å². The molecule has 0 saturated carbocycles. The molecule has 1 N–H and O–H groups in total. The Balaban J connectivity index is 2.44. The van der Waals surface area contributed by atoms with Gasteiger partial charge in [-0.15, -0.1) is 0 Å². The van der Waals surface area contributed by atoms with Crippen LogP contribution in [0.2, 0.25) is 0 Å². The van der Waals surface area contributed by atoms with Crippen LogP contribution in [0.3, 0.4) is 0 Å². The number of carbonyl (C=O) groups is 1. The number of hydrogen-bond donors (Lipinski definition) is 1. The number of carboxylic acids is 1. The lowest BCUT2D eigenvalue weighted by Crippen LogP contribution is -2.12. The highest BCUT2D eigenvalue weighted by atomic mass is 16.5. The van der Waals surface area contributed by atoms with Crippen molar-refractivity contribution in [3.05, 3.63) is 35.4 Å². The van der Waals surface area contributed by atoms with Gasteiger partial charge in [0.05, 0.1) is 5.56 Å². The Hall–Kier alpha value is -1.77. The lowest BCUT2D eigenvalue weighted by atomic mass is 10.1. The van der Waals surface area contributed by atoms with Crippen LogP contribution in [0, 0.1) is 0 Å². The maximum Gasteiger partial charge on any atom is 0.335 e. The first-order valence-electron chi connectivity index (χ1n) is 4.39. The fourth-order valence-corrected chi connectivity index (χ4v) is 1.40. The van der Waals surface area contributed by atoms with Gasteiger partial charge in [-0.3, -0.25) is 0 Å². The van der Waals surface area contributed by atoms with Crippen molar-refractivity contribution in [2.75, 3.05) is 0 Å². The lowest BCUT2D eigenvalue weighted by molar-refractivity contribution is 0.0697. The molecule has 0 aromatic heterocycles. The molecule has 1 aromatic rings. The minimum absolute atomic E-state index is 0.0539. The van der Waals surface area contributed by atoms with E-state index in [0.29, 0.717) is 0 Å². The highest BCUT2D eigenvalue weighted by molar-refractivity contribution is 5.89. The zero-order chi connectivity index (χ0) is 10.1.